The number of nitrogens with one attached hydrogen (secondary N) is 1. The third-order valence-corrected chi connectivity index (χ3v) is 5.86. The van der Waals surface area contributed by atoms with Crippen molar-refractivity contribution in [2.45, 2.75) is 24.3 Å². The van der Waals surface area contributed by atoms with Gasteiger partial charge in [0.1, 0.15) is 0 Å². The normalized spacial score (nSPS) is 12.8. The van der Waals surface area contributed by atoms with E-state index in [1.807, 2.05) is 42.5 Å². The number of aliphatic hydroxyl groups is 1. The Morgan fingerprint density at radius 1 is 1.11 bits per heavy atom. The quantitative estimate of drug-likeness (QED) is 0.600. The molecule has 0 saturated carbocycles. The molecule has 0 aromatic heterocycles. The van der Waals surface area contributed by atoms with Crippen LogP contribution in [0.15, 0.2) is 65.6 Å². The van der Waals surface area contributed by atoms with E-state index in [-0.39, 0.29) is 30.2 Å². The molecule has 0 bridgehead atoms. The Hall–Kier alpha value is -2.48. The van der Waals surface area contributed by atoms with Gasteiger partial charge in [0.25, 0.3) is 0 Å². The summed E-state index contributed by atoms with van der Waals surface area (Å²) in [5.41, 5.74) is 0.740. The summed E-state index contributed by atoms with van der Waals surface area (Å²) in [4.78, 5) is -0.187. The first-order valence-corrected chi connectivity index (χ1v) is 10.5. The first-order chi connectivity index (χ1) is 13.4. The van der Waals surface area contributed by atoms with Crippen LogP contribution in [-0.2, 0) is 10.0 Å². The first kappa shape index (κ1) is 20.3. The molecule has 0 fully saturated rings. The molecule has 28 heavy (non-hydrogen) atoms. The van der Waals surface area contributed by atoms with Gasteiger partial charge in [-0.15, -0.1) is 0 Å². The average molecular weight is 403 g/mol. The Labute approximate surface area is 163 Å². The number of ether oxygens (including phenoxy) is 1. The summed E-state index contributed by atoms with van der Waals surface area (Å²) < 4.78 is 46.2. The van der Waals surface area contributed by atoms with Crippen molar-refractivity contribution >= 4 is 20.8 Å². The summed E-state index contributed by atoms with van der Waals surface area (Å²) in [6.45, 7) is 2.02. The number of rotatable bonds is 8. The molecule has 0 aliphatic rings. The molecule has 3 rings (SSSR count). The van der Waals surface area contributed by atoms with Crippen molar-refractivity contribution in [3.8, 4) is 5.75 Å². The second-order valence-corrected chi connectivity index (χ2v) is 8.06. The van der Waals surface area contributed by atoms with E-state index in [9.17, 15) is 17.9 Å². The number of aliphatic hydroxyl groups excluding tert-OH is 1. The smallest absolute Gasteiger partial charge is 0.240 e. The highest BCUT2D eigenvalue weighted by Gasteiger charge is 2.18. The van der Waals surface area contributed by atoms with Gasteiger partial charge in [0.2, 0.25) is 10.0 Å². The van der Waals surface area contributed by atoms with Crippen LogP contribution < -0.4 is 9.46 Å². The fourth-order valence-electron chi connectivity index (χ4n) is 3.03. The zero-order valence-electron chi connectivity index (χ0n) is 15.4. The number of hydrogen-bond acceptors (Lipinski definition) is 4. The molecule has 5 nitrogen and oxygen atoms in total. The van der Waals surface area contributed by atoms with Gasteiger partial charge in [0, 0.05) is 6.54 Å². The number of hydrogen-bond donors (Lipinski definition) is 2. The first-order valence-electron chi connectivity index (χ1n) is 9.00. The fourth-order valence-corrected chi connectivity index (χ4v) is 4.09. The number of sulfonamides is 1. The molecular weight excluding hydrogens is 381 g/mol. The highest BCUT2D eigenvalue weighted by atomic mass is 32.2. The maximum absolute atomic E-state index is 13.9. The van der Waals surface area contributed by atoms with Crippen LogP contribution in [0.1, 0.15) is 25.0 Å². The molecular formula is C21H22FNO4S. The van der Waals surface area contributed by atoms with Crippen LogP contribution in [0.2, 0.25) is 0 Å². The highest BCUT2D eigenvalue weighted by Crippen LogP contribution is 2.26. The molecule has 0 amide bonds. The predicted octanol–water partition coefficient (Wildman–Crippen LogP) is 3.78. The molecule has 1 unspecified atom stereocenters. The molecule has 7 heteroatoms. The van der Waals surface area contributed by atoms with Crippen molar-refractivity contribution < 1.29 is 22.7 Å². The number of benzene rings is 3. The van der Waals surface area contributed by atoms with Crippen LogP contribution in [-0.4, -0.2) is 26.7 Å². The molecule has 2 N–H and O–H groups in total. The van der Waals surface area contributed by atoms with Crippen LogP contribution in [0.3, 0.4) is 0 Å². The molecule has 0 heterocycles. The molecule has 0 aliphatic heterocycles. The van der Waals surface area contributed by atoms with Gasteiger partial charge < -0.3 is 9.84 Å². The topological polar surface area (TPSA) is 75.6 Å². The molecule has 0 radical (unpaired) electrons. The third-order valence-electron chi connectivity index (χ3n) is 4.41. The minimum atomic E-state index is -3.89. The maximum Gasteiger partial charge on any atom is 0.240 e. The summed E-state index contributed by atoms with van der Waals surface area (Å²) in [6, 6.07) is 16.8. The fraction of sp³-hybridized carbons (Fsp3) is 0.238. The molecule has 0 aliphatic carbocycles. The Kier molecular flexibility index (Phi) is 6.28. The van der Waals surface area contributed by atoms with Gasteiger partial charge in [-0.3, -0.25) is 0 Å². The van der Waals surface area contributed by atoms with E-state index in [4.69, 9.17) is 4.74 Å². The lowest BCUT2D eigenvalue weighted by Crippen LogP contribution is -2.26. The molecule has 148 valence electrons. The van der Waals surface area contributed by atoms with Crippen LogP contribution >= 0.6 is 0 Å². The van der Waals surface area contributed by atoms with Gasteiger partial charge in [-0.1, -0.05) is 42.5 Å². The summed E-state index contributed by atoms with van der Waals surface area (Å²) in [7, 11) is -3.89. The summed E-state index contributed by atoms with van der Waals surface area (Å²) in [5, 5.41) is 12.4. The van der Waals surface area contributed by atoms with E-state index in [1.165, 1.54) is 12.1 Å². The Bertz CT molecular complexity index is 1060. The minimum absolute atomic E-state index is 0.00725. The summed E-state index contributed by atoms with van der Waals surface area (Å²) >= 11 is 0. The largest absolute Gasteiger partial charge is 0.491 e. The number of halogens is 1. The van der Waals surface area contributed by atoms with Gasteiger partial charge >= 0.3 is 0 Å². The molecule has 0 spiro atoms. The second-order valence-electron chi connectivity index (χ2n) is 6.30. The molecule has 1 atom stereocenters. The van der Waals surface area contributed by atoms with E-state index in [0.29, 0.717) is 0 Å². The zero-order chi connectivity index (χ0) is 20.1. The molecule has 0 saturated heterocycles. The average Bonchev–Trinajstić information content (AvgIpc) is 2.69. The maximum atomic E-state index is 13.9. The van der Waals surface area contributed by atoms with Crippen LogP contribution in [0.4, 0.5) is 4.39 Å². The van der Waals surface area contributed by atoms with E-state index < -0.39 is 21.9 Å². The highest BCUT2D eigenvalue weighted by molar-refractivity contribution is 7.89. The minimum Gasteiger partial charge on any atom is -0.491 e. The van der Waals surface area contributed by atoms with Crippen molar-refractivity contribution in [2.75, 3.05) is 13.2 Å². The predicted molar refractivity (Wildman–Crippen MR) is 106 cm³/mol. The van der Waals surface area contributed by atoms with Crippen LogP contribution in [0.5, 0.6) is 5.75 Å². The van der Waals surface area contributed by atoms with Crippen molar-refractivity contribution in [1.29, 1.82) is 0 Å². The van der Waals surface area contributed by atoms with Crippen LogP contribution in [0.25, 0.3) is 10.8 Å². The van der Waals surface area contributed by atoms with E-state index in [1.54, 1.807) is 6.92 Å². The van der Waals surface area contributed by atoms with Crippen LogP contribution in [0, 0.1) is 5.82 Å². The Morgan fingerprint density at radius 3 is 2.61 bits per heavy atom. The van der Waals surface area contributed by atoms with E-state index >= 15 is 0 Å². The van der Waals surface area contributed by atoms with Gasteiger partial charge in [-0.05, 0) is 47.9 Å². The third kappa shape index (κ3) is 4.49. The Balaban J connectivity index is 1.67. The van der Waals surface area contributed by atoms with Crippen molar-refractivity contribution in [3.63, 3.8) is 0 Å². The van der Waals surface area contributed by atoms with Gasteiger partial charge in [-0.25, -0.2) is 17.5 Å². The van der Waals surface area contributed by atoms with Crippen molar-refractivity contribution in [1.82, 2.24) is 4.72 Å². The summed E-state index contributed by atoms with van der Waals surface area (Å²) in [5.74, 6) is -0.728. The standard InChI is InChI=1S/C21H22FNO4S/c1-2-27-21-11-10-16(14-19(21)22)28(25,26)23-13-12-20(24)18-9-5-7-15-6-3-4-8-17(15)18/h3-11,14,20,23-24H,2,12-13H2,1H3. The van der Waals surface area contributed by atoms with Gasteiger partial charge in [0.05, 0.1) is 17.6 Å². The van der Waals surface area contributed by atoms with Gasteiger partial charge in [0.15, 0.2) is 11.6 Å². The molecule has 3 aromatic carbocycles. The lowest BCUT2D eigenvalue weighted by Gasteiger charge is -2.14. The Morgan fingerprint density at radius 2 is 1.86 bits per heavy atom. The van der Waals surface area contributed by atoms with Crippen molar-refractivity contribution in [2.24, 2.45) is 0 Å². The second kappa shape index (κ2) is 8.68. The molecule has 3 aromatic rings. The lowest BCUT2D eigenvalue weighted by atomic mass is 9.99. The monoisotopic (exact) mass is 403 g/mol. The van der Waals surface area contributed by atoms with E-state index in [2.05, 4.69) is 4.72 Å². The summed E-state index contributed by atoms with van der Waals surface area (Å²) in [6.07, 6.45) is -0.641. The SMILES string of the molecule is CCOc1ccc(S(=O)(=O)NCCC(O)c2cccc3ccccc23)cc1F. The van der Waals surface area contributed by atoms with Gasteiger partial charge in [-0.2, -0.15) is 0 Å². The van der Waals surface area contributed by atoms with E-state index in [0.717, 1.165) is 22.4 Å². The lowest BCUT2D eigenvalue weighted by molar-refractivity contribution is 0.170. The number of fused-ring (bicyclic) bond motifs is 1. The zero-order valence-corrected chi connectivity index (χ0v) is 16.2. The van der Waals surface area contributed by atoms with Crippen molar-refractivity contribution in [3.05, 3.63) is 72.0 Å².